The van der Waals surface area contributed by atoms with Crippen molar-refractivity contribution in [3.63, 3.8) is 0 Å². The Morgan fingerprint density at radius 1 is 1.33 bits per heavy atom. The molecular weight excluding hydrogens is 332 g/mol. The average molecular weight is 350 g/mol. The van der Waals surface area contributed by atoms with E-state index in [0.29, 0.717) is 5.56 Å². The van der Waals surface area contributed by atoms with Gasteiger partial charge < -0.3 is 15.8 Å². The number of primary amides is 1. The molecule has 0 aliphatic carbocycles. The Morgan fingerprint density at radius 3 is 2.50 bits per heavy atom. The second-order valence-corrected chi connectivity index (χ2v) is 6.27. The van der Waals surface area contributed by atoms with Gasteiger partial charge in [0.05, 0.1) is 23.2 Å². The molecule has 0 radical (unpaired) electrons. The van der Waals surface area contributed by atoms with E-state index in [4.69, 9.17) is 10.5 Å². The summed E-state index contributed by atoms with van der Waals surface area (Å²) in [5, 5.41) is 7.08. The zero-order chi connectivity index (χ0) is 18.0. The summed E-state index contributed by atoms with van der Waals surface area (Å²) < 4.78 is 6.27. The Kier molecular flexibility index (Phi) is 5.03. The van der Waals surface area contributed by atoms with Crippen LogP contribution in [0.5, 0.6) is 0 Å². The smallest absolute Gasteiger partial charge is 0.341 e. The minimum absolute atomic E-state index is 0.0108. The molecule has 9 heteroatoms. The van der Waals surface area contributed by atoms with E-state index >= 15 is 0 Å². The Morgan fingerprint density at radius 2 is 2.00 bits per heavy atom. The first-order valence-electron chi connectivity index (χ1n) is 7.07. The number of hydrogen-bond donors (Lipinski definition) is 2. The summed E-state index contributed by atoms with van der Waals surface area (Å²) in [5.74, 6) is -1.68. The fourth-order valence-corrected chi connectivity index (χ4v) is 3.38. The number of thiophene rings is 1. The van der Waals surface area contributed by atoms with Crippen LogP contribution < -0.4 is 11.1 Å². The van der Waals surface area contributed by atoms with Crippen molar-refractivity contribution in [2.45, 2.75) is 27.3 Å². The Labute approximate surface area is 142 Å². The molecule has 24 heavy (non-hydrogen) atoms. The number of esters is 1. The van der Waals surface area contributed by atoms with E-state index < -0.39 is 11.9 Å². The summed E-state index contributed by atoms with van der Waals surface area (Å²) >= 11 is 0.949. The van der Waals surface area contributed by atoms with Gasteiger partial charge in [-0.3, -0.25) is 14.3 Å². The third-order valence-electron chi connectivity index (χ3n) is 3.41. The van der Waals surface area contributed by atoms with Gasteiger partial charge in [0, 0.05) is 5.69 Å². The van der Waals surface area contributed by atoms with Crippen LogP contribution in [-0.2, 0) is 16.1 Å². The van der Waals surface area contributed by atoms with Gasteiger partial charge in [-0.25, -0.2) is 4.79 Å². The van der Waals surface area contributed by atoms with Gasteiger partial charge in [0.1, 0.15) is 11.5 Å². The molecule has 0 saturated heterocycles. The molecule has 0 spiro atoms. The third kappa shape index (κ3) is 3.46. The number of ether oxygens (including phenoxy) is 1. The molecule has 0 fully saturated rings. The predicted molar refractivity (Wildman–Crippen MR) is 89.2 cm³/mol. The van der Waals surface area contributed by atoms with Crippen LogP contribution in [0.3, 0.4) is 0 Å². The van der Waals surface area contributed by atoms with Crippen molar-refractivity contribution < 1.29 is 19.1 Å². The maximum Gasteiger partial charge on any atom is 0.341 e. The molecular formula is C15H18N4O4S. The van der Waals surface area contributed by atoms with Gasteiger partial charge in [0.15, 0.2) is 0 Å². The number of carbonyl (C=O) groups is 3. The second kappa shape index (κ2) is 6.83. The molecule has 0 bridgehead atoms. The Hall–Kier alpha value is -2.68. The highest BCUT2D eigenvalue weighted by molar-refractivity contribution is 7.18. The van der Waals surface area contributed by atoms with Crippen LogP contribution in [0.2, 0.25) is 0 Å². The molecule has 128 valence electrons. The topological polar surface area (TPSA) is 116 Å². The molecule has 0 aromatic carbocycles. The van der Waals surface area contributed by atoms with Gasteiger partial charge in [0.2, 0.25) is 5.91 Å². The standard InChI is InChI=1S/C15H18N4O4S/c1-7-5-8(2)19(18-7)6-10(20)17-14-11(15(22)23-4)9(3)12(24-14)13(16)21/h5H,6H2,1-4H3,(H2,16,21)(H,17,20). The van der Waals surface area contributed by atoms with Crippen molar-refractivity contribution in [2.24, 2.45) is 5.73 Å². The zero-order valence-electron chi connectivity index (χ0n) is 13.8. The van der Waals surface area contributed by atoms with Gasteiger partial charge in [-0.2, -0.15) is 5.10 Å². The van der Waals surface area contributed by atoms with Crippen molar-refractivity contribution in [3.05, 3.63) is 33.5 Å². The quantitative estimate of drug-likeness (QED) is 0.791. The number of amides is 2. The first-order chi connectivity index (χ1) is 11.2. The summed E-state index contributed by atoms with van der Waals surface area (Å²) in [6.07, 6.45) is 0. The lowest BCUT2D eigenvalue weighted by atomic mass is 10.1. The minimum Gasteiger partial charge on any atom is -0.465 e. The van der Waals surface area contributed by atoms with Crippen LogP contribution in [0.15, 0.2) is 6.07 Å². The highest BCUT2D eigenvalue weighted by Crippen LogP contribution is 2.33. The fraction of sp³-hybridized carbons (Fsp3) is 0.333. The van der Waals surface area contributed by atoms with Crippen molar-refractivity contribution in [1.82, 2.24) is 9.78 Å². The number of carbonyl (C=O) groups excluding carboxylic acids is 3. The number of aromatic nitrogens is 2. The lowest BCUT2D eigenvalue weighted by Gasteiger charge is -2.07. The molecule has 0 aliphatic rings. The van der Waals surface area contributed by atoms with Crippen molar-refractivity contribution in [1.29, 1.82) is 0 Å². The van der Waals surface area contributed by atoms with E-state index in [9.17, 15) is 14.4 Å². The first-order valence-corrected chi connectivity index (χ1v) is 7.88. The van der Waals surface area contributed by atoms with Crippen LogP contribution >= 0.6 is 11.3 Å². The van der Waals surface area contributed by atoms with Crippen LogP contribution in [0.25, 0.3) is 0 Å². The van der Waals surface area contributed by atoms with E-state index in [-0.39, 0.29) is 27.9 Å². The zero-order valence-corrected chi connectivity index (χ0v) is 14.6. The molecule has 2 rings (SSSR count). The second-order valence-electron chi connectivity index (χ2n) is 5.25. The monoisotopic (exact) mass is 350 g/mol. The normalized spacial score (nSPS) is 10.5. The molecule has 2 heterocycles. The first kappa shape index (κ1) is 17.7. The molecule has 0 unspecified atom stereocenters. The molecule has 2 aromatic rings. The number of aryl methyl sites for hydroxylation is 2. The average Bonchev–Trinajstić information content (AvgIpc) is 2.98. The lowest BCUT2D eigenvalue weighted by Crippen LogP contribution is -2.21. The van der Waals surface area contributed by atoms with Gasteiger partial charge in [0.25, 0.3) is 5.91 Å². The van der Waals surface area contributed by atoms with Gasteiger partial charge in [-0.05, 0) is 32.4 Å². The van der Waals surface area contributed by atoms with Crippen LogP contribution in [0, 0.1) is 20.8 Å². The Bertz CT molecular complexity index is 822. The van der Waals surface area contributed by atoms with Crippen LogP contribution in [-0.4, -0.2) is 34.7 Å². The highest BCUT2D eigenvalue weighted by Gasteiger charge is 2.25. The third-order valence-corrected chi connectivity index (χ3v) is 4.63. The number of methoxy groups -OCH3 is 1. The van der Waals surface area contributed by atoms with E-state index in [0.717, 1.165) is 22.7 Å². The molecule has 0 saturated carbocycles. The van der Waals surface area contributed by atoms with E-state index in [1.165, 1.54) is 7.11 Å². The summed E-state index contributed by atoms with van der Waals surface area (Å²) in [5.41, 5.74) is 7.48. The number of rotatable bonds is 5. The number of anilines is 1. The molecule has 2 amide bonds. The lowest BCUT2D eigenvalue weighted by molar-refractivity contribution is -0.116. The maximum atomic E-state index is 12.3. The van der Waals surface area contributed by atoms with Gasteiger partial charge >= 0.3 is 5.97 Å². The summed E-state index contributed by atoms with van der Waals surface area (Å²) in [6.45, 7) is 5.24. The number of nitrogens with one attached hydrogen (secondary N) is 1. The number of nitrogens with zero attached hydrogens (tertiary/aromatic N) is 2. The highest BCUT2D eigenvalue weighted by atomic mass is 32.1. The maximum absolute atomic E-state index is 12.3. The predicted octanol–water partition coefficient (Wildman–Crippen LogP) is 1.39. The SMILES string of the molecule is COC(=O)c1c(NC(=O)Cn2nc(C)cc2C)sc(C(N)=O)c1C. The van der Waals surface area contributed by atoms with Gasteiger partial charge in [-0.15, -0.1) is 11.3 Å². The van der Waals surface area contributed by atoms with Crippen molar-refractivity contribution >= 4 is 34.1 Å². The van der Waals surface area contributed by atoms with Crippen LogP contribution in [0.4, 0.5) is 5.00 Å². The molecule has 0 atom stereocenters. The van der Waals surface area contributed by atoms with Gasteiger partial charge in [-0.1, -0.05) is 0 Å². The minimum atomic E-state index is -0.665. The summed E-state index contributed by atoms with van der Waals surface area (Å²) in [4.78, 5) is 35.9. The molecule has 2 aromatic heterocycles. The molecule has 3 N–H and O–H groups in total. The van der Waals surface area contributed by atoms with E-state index in [1.54, 1.807) is 11.6 Å². The van der Waals surface area contributed by atoms with E-state index in [2.05, 4.69) is 10.4 Å². The number of nitrogens with two attached hydrogens (primary N) is 1. The van der Waals surface area contributed by atoms with E-state index in [1.807, 2.05) is 19.9 Å². The largest absolute Gasteiger partial charge is 0.465 e. The van der Waals surface area contributed by atoms with Crippen molar-refractivity contribution in [3.8, 4) is 0 Å². The fourth-order valence-electron chi connectivity index (χ4n) is 2.32. The van der Waals surface area contributed by atoms with Crippen molar-refractivity contribution in [2.75, 3.05) is 12.4 Å². The van der Waals surface area contributed by atoms with Crippen LogP contribution in [0.1, 0.15) is 37.0 Å². The Balaban J connectivity index is 2.29. The molecule has 0 aliphatic heterocycles. The molecule has 8 nitrogen and oxygen atoms in total. The summed E-state index contributed by atoms with van der Waals surface area (Å²) in [6, 6.07) is 1.85. The number of hydrogen-bond acceptors (Lipinski definition) is 6. The summed E-state index contributed by atoms with van der Waals surface area (Å²) in [7, 11) is 1.23.